The number of hydrogen-bond donors (Lipinski definition) is 2. The molecule has 0 saturated heterocycles. The maximum Gasteiger partial charge on any atom is 0.415 e. The van der Waals surface area contributed by atoms with Gasteiger partial charge in [-0.05, 0) is 13.0 Å². The Kier molecular flexibility index (Phi) is 3.27. The molecular formula is C8H11F3N2O3S. The van der Waals surface area contributed by atoms with Gasteiger partial charge in [0.1, 0.15) is 0 Å². The molecule has 0 aromatic heterocycles. The minimum Gasteiger partial charge on any atom is -0.347 e. The van der Waals surface area contributed by atoms with Gasteiger partial charge in [0.05, 0.1) is 11.8 Å². The molecule has 0 spiro atoms. The van der Waals surface area contributed by atoms with Crippen molar-refractivity contribution < 1.29 is 26.4 Å². The molecule has 0 radical (unpaired) electrons. The molecule has 1 aliphatic heterocycles. The van der Waals surface area contributed by atoms with Crippen LogP contribution >= 0.6 is 0 Å². The molecule has 1 rings (SSSR count). The van der Waals surface area contributed by atoms with Crippen molar-refractivity contribution in [2.75, 3.05) is 5.75 Å². The molecule has 17 heavy (non-hydrogen) atoms. The van der Waals surface area contributed by atoms with Crippen LogP contribution in [-0.4, -0.2) is 37.8 Å². The molecule has 0 aliphatic carbocycles. The van der Waals surface area contributed by atoms with Gasteiger partial charge in [0.2, 0.25) is 5.91 Å². The molecule has 1 aliphatic rings. The average molecular weight is 272 g/mol. The zero-order valence-electron chi connectivity index (χ0n) is 8.78. The lowest BCUT2D eigenvalue weighted by molar-refractivity contribution is -0.187. The van der Waals surface area contributed by atoms with Crippen molar-refractivity contribution in [3.63, 3.8) is 0 Å². The van der Waals surface area contributed by atoms with Gasteiger partial charge in [-0.1, -0.05) is 0 Å². The molecule has 0 saturated carbocycles. The van der Waals surface area contributed by atoms with Crippen molar-refractivity contribution in [3.05, 3.63) is 11.5 Å². The van der Waals surface area contributed by atoms with Crippen molar-refractivity contribution in [1.29, 1.82) is 0 Å². The summed E-state index contributed by atoms with van der Waals surface area (Å²) in [6.07, 6.45) is -3.79. The lowest BCUT2D eigenvalue weighted by atomic mass is 10.0. The number of nitrogens with two attached hydrogens (primary N) is 1. The van der Waals surface area contributed by atoms with Gasteiger partial charge in [-0.2, -0.15) is 13.2 Å². The number of amides is 1. The number of rotatable bonds is 2. The second-order valence-electron chi connectivity index (χ2n) is 3.94. The highest BCUT2D eigenvalue weighted by molar-refractivity contribution is 7.94. The SMILES string of the molecule is CC(N)(C(=O)NC1C=CS(=O)(=O)C1)C(F)(F)F. The van der Waals surface area contributed by atoms with E-state index < -0.39 is 39.3 Å². The number of nitrogens with one attached hydrogen (secondary N) is 1. The summed E-state index contributed by atoms with van der Waals surface area (Å²) in [5.74, 6) is -1.91. The first-order chi connectivity index (χ1) is 7.46. The lowest BCUT2D eigenvalue weighted by Crippen LogP contribution is -2.62. The van der Waals surface area contributed by atoms with Gasteiger partial charge in [0.15, 0.2) is 15.4 Å². The molecule has 2 atom stereocenters. The number of hydrogen-bond acceptors (Lipinski definition) is 4. The molecule has 0 fully saturated rings. The Bertz CT molecular complexity index is 453. The zero-order chi connectivity index (χ0) is 13.5. The summed E-state index contributed by atoms with van der Waals surface area (Å²) >= 11 is 0. The number of carbonyl (C=O) groups excluding carboxylic acids is 1. The van der Waals surface area contributed by atoms with E-state index in [9.17, 15) is 26.4 Å². The first-order valence-corrected chi connectivity index (χ1v) is 6.25. The Morgan fingerprint density at radius 3 is 2.35 bits per heavy atom. The van der Waals surface area contributed by atoms with E-state index in [2.05, 4.69) is 0 Å². The van der Waals surface area contributed by atoms with Crippen molar-refractivity contribution in [2.24, 2.45) is 5.73 Å². The summed E-state index contributed by atoms with van der Waals surface area (Å²) in [7, 11) is -3.44. The summed E-state index contributed by atoms with van der Waals surface area (Å²) in [4.78, 5) is 11.3. The standard InChI is InChI=1S/C8H11F3N2O3S/c1-7(12,8(9,10)11)6(14)13-5-2-3-17(15,16)4-5/h2-3,5H,4,12H2,1H3,(H,13,14). The fourth-order valence-corrected chi connectivity index (χ4v) is 2.35. The van der Waals surface area contributed by atoms with Gasteiger partial charge in [-0.25, -0.2) is 8.42 Å². The van der Waals surface area contributed by atoms with Crippen LogP contribution < -0.4 is 11.1 Å². The second kappa shape index (κ2) is 3.98. The van der Waals surface area contributed by atoms with Crippen LogP contribution in [0.25, 0.3) is 0 Å². The monoisotopic (exact) mass is 272 g/mol. The van der Waals surface area contributed by atoms with Crippen LogP contribution in [0, 0.1) is 0 Å². The van der Waals surface area contributed by atoms with Crippen molar-refractivity contribution in [2.45, 2.75) is 24.7 Å². The van der Waals surface area contributed by atoms with Crippen LogP contribution in [-0.2, 0) is 14.6 Å². The van der Waals surface area contributed by atoms with E-state index in [1.54, 1.807) is 0 Å². The Morgan fingerprint density at radius 2 is 2.00 bits per heavy atom. The molecule has 1 heterocycles. The molecule has 3 N–H and O–H groups in total. The van der Waals surface area contributed by atoms with Crippen LogP contribution in [0.5, 0.6) is 0 Å². The highest BCUT2D eigenvalue weighted by Crippen LogP contribution is 2.28. The second-order valence-corrected chi connectivity index (χ2v) is 5.87. The van der Waals surface area contributed by atoms with Crippen LogP contribution in [0.15, 0.2) is 11.5 Å². The quantitative estimate of drug-likeness (QED) is 0.722. The predicted molar refractivity (Wildman–Crippen MR) is 53.5 cm³/mol. The minimum atomic E-state index is -4.90. The summed E-state index contributed by atoms with van der Waals surface area (Å²) in [5, 5.41) is 2.78. The van der Waals surface area contributed by atoms with E-state index in [-0.39, 0.29) is 0 Å². The zero-order valence-corrected chi connectivity index (χ0v) is 9.60. The molecule has 0 bridgehead atoms. The van der Waals surface area contributed by atoms with Crippen molar-refractivity contribution >= 4 is 15.7 Å². The first-order valence-electron chi connectivity index (χ1n) is 4.53. The van der Waals surface area contributed by atoms with E-state index >= 15 is 0 Å². The van der Waals surface area contributed by atoms with Gasteiger partial charge in [0, 0.05) is 5.41 Å². The van der Waals surface area contributed by atoms with E-state index in [1.807, 2.05) is 5.32 Å². The van der Waals surface area contributed by atoms with Crippen LogP contribution in [0.1, 0.15) is 6.92 Å². The predicted octanol–water partition coefficient (Wildman–Crippen LogP) is -0.307. The van der Waals surface area contributed by atoms with Crippen LogP contribution in [0.3, 0.4) is 0 Å². The van der Waals surface area contributed by atoms with Gasteiger partial charge < -0.3 is 11.1 Å². The van der Waals surface area contributed by atoms with Crippen molar-refractivity contribution in [3.8, 4) is 0 Å². The Labute approximate surface area is 95.8 Å². The van der Waals surface area contributed by atoms with Gasteiger partial charge in [-0.15, -0.1) is 0 Å². The topological polar surface area (TPSA) is 89.3 Å². The highest BCUT2D eigenvalue weighted by Gasteiger charge is 2.54. The Morgan fingerprint density at radius 1 is 1.47 bits per heavy atom. The van der Waals surface area contributed by atoms with E-state index in [1.165, 1.54) is 0 Å². The normalized spacial score (nSPS) is 26.5. The Balaban J connectivity index is 2.73. The molecular weight excluding hydrogens is 261 g/mol. The average Bonchev–Trinajstić information content (AvgIpc) is 2.43. The number of sulfone groups is 1. The molecule has 2 unspecified atom stereocenters. The summed E-state index contributed by atoms with van der Waals surface area (Å²) in [6, 6.07) is -0.974. The highest BCUT2D eigenvalue weighted by atomic mass is 32.2. The van der Waals surface area contributed by atoms with Crippen molar-refractivity contribution in [1.82, 2.24) is 5.32 Å². The molecule has 5 nitrogen and oxygen atoms in total. The molecule has 9 heteroatoms. The van der Waals surface area contributed by atoms with Gasteiger partial charge in [-0.3, -0.25) is 4.79 Å². The smallest absolute Gasteiger partial charge is 0.347 e. The largest absolute Gasteiger partial charge is 0.415 e. The third kappa shape index (κ3) is 2.97. The first kappa shape index (κ1) is 14.0. The number of halogens is 3. The Hall–Kier alpha value is -1.09. The summed E-state index contributed by atoms with van der Waals surface area (Å²) in [6.45, 7) is 0.523. The molecule has 98 valence electrons. The summed E-state index contributed by atoms with van der Waals surface area (Å²) in [5.41, 5.74) is 1.82. The summed E-state index contributed by atoms with van der Waals surface area (Å²) < 4.78 is 59.1. The number of carbonyl (C=O) groups is 1. The maximum atomic E-state index is 12.4. The third-order valence-electron chi connectivity index (χ3n) is 2.31. The maximum absolute atomic E-state index is 12.4. The van der Waals surface area contributed by atoms with E-state index in [4.69, 9.17) is 5.73 Å². The number of alkyl halides is 3. The molecule has 1 amide bonds. The fourth-order valence-electron chi connectivity index (χ4n) is 1.11. The van der Waals surface area contributed by atoms with Gasteiger partial charge >= 0.3 is 6.18 Å². The van der Waals surface area contributed by atoms with Crippen LogP contribution in [0.2, 0.25) is 0 Å². The van der Waals surface area contributed by atoms with E-state index in [0.29, 0.717) is 6.92 Å². The third-order valence-corrected chi connectivity index (χ3v) is 3.70. The molecule has 0 aromatic rings. The van der Waals surface area contributed by atoms with Crippen LogP contribution in [0.4, 0.5) is 13.2 Å². The lowest BCUT2D eigenvalue weighted by Gasteiger charge is -2.27. The fraction of sp³-hybridized carbons (Fsp3) is 0.625. The van der Waals surface area contributed by atoms with Gasteiger partial charge in [0.25, 0.3) is 0 Å². The van der Waals surface area contributed by atoms with E-state index in [0.717, 1.165) is 11.5 Å². The molecule has 0 aromatic carbocycles. The minimum absolute atomic E-state index is 0.452.